The molecular formula is C9H9BrO3. The van der Waals surface area contributed by atoms with Crippen molar-refractivity contribution in [1.29, 1.82) is 0 Å². The fourth-order valence-electron chi connectivity index (χ4n) is 1.02. The molecule has 0 saturated carbocycles. The Balaban J connectivity index is 3.14. The van der Waals surface area contributed by atoms with Gasteiger partial charge in [-0.3, -0.25) is 4.79 Å². The molecule has 0 unspecified atom stereocenters. The van der Waals surface area contributed by atoms with Crippen molar-refractivity contribution in [2.75, 3.05) is 7.11 Å². The van der Waals surface area contributed by atoms with Crippen LogP contribution in [0.2, 0.25) is 0 Å². The maximum absolute atomic E-state index is 10.5. The molecule has 0 radical (unpaired) electrons. The van der Waals surface area contributed by atoms with E-state index in [-0.39, 0.29) is 11.3 Å². The van der Waals surface area contributed by atoms with E-state index in [2.05, 4.69) is 15.9 Å². The first kappa shape index (κ1) is 10.2. The van der Waals surface area contributed by atoms with Crippen LogP contribution in [0.1, 0.15) is 15.9 Å². The quantitative estimate of drug-likeness (QED) is 0.829. The van der Waals surface area contributed by atoms with Crippen LogP contribution in [-0.4, -0.2) is 18.5 Å². The molecule has 0 amide bonds. The first-order valence-corrected chi connectivity index (χ1v) is 4.44. The number of rotatable bonds is 3. The molecule has 0 bridgehead atoms. The molecule has 4 heteroatoms. The van der Waals surface area contributed by atoms with E-state index in [1.54, 1.807) is 19.2 Å². The maximum atomic E-state index is 10.5. The van der Waals surface area contributed by atoms with Gasteiger partial charge < -0.3 is 9.84 Å². The molecular weight excluding hydrogens is 236 g/mol. The zero-order chi connectivity index (χ0) is 9.84. The van der Waals surface area contributed by atoms with E-state index in [0.29, 0.717) is 17.4 Å². The molecule has 0 aromatic heterocycles. The standard InChI is InChI=1S/C9H9BrO3/c1-13-5-6-2-7(4-11)9(12)8(10)3-6/h2-4,12H,5H2,1H3. The van der Waals surface area contributed by atoms with Gasteiger partial charge in [-0.2, -0.15) is 0 Å². The molecule has 70 valence electrons. The summed E-state index contributed by atoms with van der Waals surface area (Å²) in [5.74, 6) is -0.0325. The van der Waals surface area contributed by atoms with E-state index in [0.717, 1.165) is 5.56 Å². The first-order valence-electron chi connectivity index (χ1n) is 3.64. The summed E-state index contributed by atoms with van der Waals surface area (Å²) in [6, 6.07) is 3.31. The fraction of sp³-hybridized carbons (Fsp3) is 0.222. The Hall–Kier alpha value is -0.870. The number of benzene rings is 1. The average molecular weight is 245 g/mol. The predicted octanol–water partition coefficient (Wildman–Crippen LogP) is 2.11. The number of phenols is 1. The van der Waals surface area contributed by atoms with E-state index >= 15 is 0 Å². The minimum atomic E-state index is -0.0325. The normalized spacial score (nSPS) is 10.0. The number of hydrogen-bond donors (Lipinski definition) is 1. The lowest BCUT2D eigenvalue weighted by Crippen LogP contribution is -1.91. The van der Waals surface area contributed by atoms with Crippen LogP contribution in [-0.2, 0) is 11.3 Å². The summed E-state index contributed by atoms with van der Waals surface area (Å²) >= 11 is 3.14. The number of ether oxygens (including phenoxy) is 1. The highest BCUT2D eigenvalue weighted by molar-refractivity contribution is 9.10. The molecule has 0 aliphatic heterocycles. The lowest BCUT2D eigenvalue weighted by molar-refractivity contribution is 0.112. The number of aromatic hydroxyl groups is 1. The Morgan fingerprint density at radius 3 is 2.85 bits per heavy atom. The molecule has 0 spiro atoms. The van der Waals surface area contributed by atoms with Crippen LogP contribution in [0.5, 0.6) is 5.75 Å². The molecule has 0 atom stereocenters. The molecule has 0 fully saturated rings. The molecule has 1 N–H and O–H groups in total. The van der Waals surface area contributed by atoms with Crippen LogP contribution in [0, 0.1) is 0 Å². The summed E-state index contributed by atoms with van der Waals surface area (Å²) in [6.45, 7) is 0.416. The van der Waals surface area contributed by atoms with Gasteiger partial charge in [-0.05, 0) is 33.6 Å². The van der Waals surface area contributed by atoms with Crippen LogP contribution in [0.4, 0.5) is 0 Å². The van der Waals surface area contributed by atoms with Crippen molar-refractivity contribution in [3.05, 3.63) is 27.7 Å². The smallest absolute Gasteiger partial charge is 0.153 e. The third kappa shape index (κ3) is 2.29. The number of carbonyl (C=O) groups excluding carboxylic acids is 1. The highest BCUT2D eigenvalue weighted by atomic mass is 79.9. The zero-order valence-electron chi connectivity index (χ0n) is 7.08. The van der Waals surface area contributed by atoms with Gasteiger partial charge in [0.1, 0.15) is 5.75 Å². The highest BCUT2D eigenvalue weighted by Gasteiger charge is 2.06. The number of halogens is 1. The molecule has 0 aliphatic rings. The van der Waals surface area contributed by atoms with Gasteiger partial charge in [-0.15, -0.1) is 0 Å². The Morgan fingerprint density at radius 1 is 1.62 bits per heavy atom. The fourth-order valence-corrected chi connectivity index (χ4v) is 1.54. The number of phenolic OH excluding ortho intramolecular Hbond substituents is 1. The lowest BCUT2D eigenvalue weighted by Gasteiger charge is -2.04. The molecule has 13 heavy (non-hydrogen) atoms. The van der Waals surface area contributed by atoms with Crippen molar-refractivity contribution in [1.82, 2.24) is 0 Å². The van der Waals surface area contributed by atoms with Crippen LogP contribution < -0.4 is 0 Å². The Morgan fingerprint density at radius 2 is 2.31 bits per heavy atom. The Kier molecular flexibility index (Phi) is 3.45. The molecule has 0 aliphatic carbocycles. The van der Waals surface area contributed by atoms with Gasteiger partial charge in [0.05, 0.1) is 16.6 Å². The number of hydrogen-bond acceptors (Lipinski definition) is 3. The number of aldehydes is 1. The predicted molar refractivity (Wildman–Crippen MR) is 51.9 cm³/mol. The third-order valence-electron chi connectivity index (χ3n) is 1.59. The first-order chi connectivity index (χ1) is 6.19. The second-order valence-electron chi connectivity index (χ2n) is 2.57. The van der Waals surface area contributed by atoms with Gasteiger partial charge in [0.15, 0.2) is 6.29 Å². The topological polar surface area (TPSA) is 46.5 Å². The molecule has 1 rings (SSSR count). The lowest BCUT2D eigenvalue weighted by atomic mass is 10.1. The van der Waals surface area contributed by atoms with E-state index in [1.807, 2.05) is 0 Å². The van der Waals surface area contributed by atoms with Crippen LogP contribution >= 0.6 is 15.9 Å². The average Bonchev–Trinajstić information content (AvgIpc) is 2.11. The second kappa shape index (κ2) is 4.39. The van der Waals surface area contributed by atoms with Gasteiger partial charge in [0, 0.05) is 7.11 Å². The highest BCUT2D eigenvalue weighted by Crippen LogP contribution is 2.28. The van der Waals surface area contributed by atoms with E-state index in [4.69, 9.17) is 4.74 Å². The van der Waals surface area contributed by atoms with Crippen LogP contribution in [0.25, 0.3) is 0 Å². The van der Waals surface area contributed by atoms with Crippen molar-refractivity contribution < 1.29 is 14.6 Å². The summed E-state index contributed by atoms with van der Waals surface area (Å²) in [4.78, 5) is 10.5. The molecule has 1 aromatic carbocycles. The van der Waals surface area contributed by atoms with Crippen LogP contribution in [0.15, 0.2) is 16.6 Å². The Bertz CT molecular complexity index is 323. The minimum absolute atomic E-state index is 0.0325. The summed E-state index contributed by atoms with van der Waals surface area (Å²) in [5, 5.41) is 9.37. The van der Waals surface area contributed by atoms with Gasteiger partial charge >= 0.3 is 0 Å². The number of methoxy groups -OCH3 is 1. The van der Waals surface area contributed by atoms with Crippen molar-refractivity contribution in [3.63, 3.8) is 0 Å². The van der Waals surface area contributed by atoms with Crippen LogP contribution in [0.3, 0.4) is 0 Å². The van der Waals surface area contributed by atoms with E-state index < -0.39 is 0 Å². The third-order valence-corrected chi connectivity index (χ3v) is 2.20. The summed E-state index contributed by atoms with van der Waals surface area (Å²) in [6.07, 6.45) is 0.610. The summed E-state index contributed by atoms with van der Waals surface area (Å²) in [5.41, 5.74) is 1.11. The zero-order valence-corrected chi connectivity index (χ0v) is 8.67. The second-order valence-corrected chi connectivity index (χ2v) is 3.42. The SMILES string of the molecule is COCc1cc(Br)c(O)c(C=O)c1. The van der Waals surface area contributed by atoms with Gasteiger partial charge in [0.2, 0.25) is 0 Å². The monoisotopic (exact) mass is 244 g/mol. The Labute approximate surface area is 84.5 Å². The van der Waals surface area contributed by atoms with Gasteiger partial charge in [-0.1, -0.05) is 0 Å². The van der Waals surface area contributed by atoms with E-state index in [9.17, 15) is 9.90 Å². The van der Waals surface area contributed by atoms with E-state index in [1.165, 1.54) is 0 Å². The minimum Gasteiger partial charge on any atom is -0.506 e. The molecule has 0 heterocycles. The summed E-state index contributed by atoms with van der Waals surface area (Å²) < 4.78 is 5.41. The van der Waals surface area contributed by atoms with Gasteiger partial charge in [-0.25, -0.2) is 0 Å². The molecule has 3 nitrogen and oxygen atoms in total. The van der Waals surface area contributed by atoms with Crippen molar-refractivity contribution in [3.8, 4) is 5.75 Å². The maximum Gasteiger partial charge on any atom is 0.153 e. The number of carbonyl (C=O) groups is 1. The van der Waals surface area contributed by atoms with Crippen molar-refractivity contribution in [2.45, 2.75) is 6.61 Å². The molecule has 1 aromatic rings. The summed E-state index contributed by atoms with van der Waals surface area (Å²) in [7, 11) is 1.57. The van der Waals surface area contributed by atoms with Crippen molar-refractivity contribution in [2.24, 2.45) is 0 Å². The largest absolute Gasteiger partial charge is 0.506 e. The van der Waals surface area contributed by atoms with Gasteiger partial charge in [0.25, 0.3) is 0 Å². The van der Waals surface area contributed by atoms with Crippen molar-refractivity contribution >= 4 is 22.2 Å². The molecule has 0 saturated heterocycles.